The van der Waals surface area contributed by atoms with Crippen molar-refractivity contribution in [2.24, 2.45) is 0 Å². The molecular weight excluding hydrogens is 406 g/mol. The third-order valence-corrected chi connectivity index (χ3v) is 6.06. The molecule has 1 atom stereocenters. The van der Waals surface area contributed by atoms with E-state index in [-0.39, 0.29) is 18.8 Å². The van der Waals surface area contributed by atoms with Crippen molar-refractivity contribution in [3.8, 4) is 5.75 Å². The van der Waals surface area contributed by atoms with Crippen LogP contribution in [0.5, 0.6) is 5.75 Å². The fraction of sp³-hybridized carbons (Fsp3) is 0.409. The first-order valence-corrected chi connectivity index (χ1v) is 10.8. The van der Waals surface area contributed by atoms with Crippen molar-refractivity contribution in [2.45, 2.75) is 52.1 Å². The lowest BCUT2D eigenvalue weighted by atomic mass is 9.95. The quantitative estimate of drug-likeness (QED) is 0.649. The van der Waals surface area contributed by atoms with E-state index in [1.807, 2.05) is 0 Å². The Bertz CT molecular complexity index is 934. The highest BCUT2D eigenvalue weighted by molar-refractivity contribution is 7.17. The molecule has 0 fully saturated rings. The molecule has 7 nitrogen and oxygen atoms in total. The SMILES string of the molecule is CCOC(=O)c1c(NC(=O)[C@H](C)OC(=O)Cc2ccc(O)cc2)sc2c1CCCC2. The van der Waals surface area contributed by atoms with Crippen LogP contribution in [0.3, 0.4) is 0 Å². The summed E-state index contributed by atoms with van der Waals surface area (Å²) in [4.78, 5) is 38.4. The maximum Gasteiger partial charge on any atom is 0.341 e. The number of phenolic OH excluding ortho intramolecular Hbond substituents is 1. The Morgan fingerprint density at radius 1 is 1.17 bits per heavy atom. The second-order valence-electron chi connectivity index (χ2n) is 7.10. The number of phenols is 1. The molecular formula is C22H25NO6S. The van der Waals surface area contributed by atoms with E-state index in [4.69, 9.17) is 9.47 Å². The van der Waals surface area contributed by atoms with Gasteiger partial charge < -0.3 is 19.9 Å². The molecule has 2 N–H and O–H groups in total. The van der Waals surface area contributed by atoms with Crippen molar-refractivity contribution < 1.29 is 29.0 Å². The van der Waals surface area contributed by atoms with Gasteiger partial charge in [-0.15, -0.1) is 11.3 Å². The minimum absolute atomic E-state index is 0.0146. The van der Waals surface area contributed by atoms with E-state index >= 15 is 0 Å². The van der Waals surface area contributed by atoms with Gasteiger partial charge in [-0.1, -0.05) is 12.1 Å². The lowest BCUT2D eigenvalue weighted by Gasteiger charge is -2.14. The average Bonchev–Trinajstić information content (AvgIpc) is 3.07. The van der Waals surface area contributed by atoms with Crippen LogP contribution in [0.1, 0.15) is 53.1 Å². The number of hydrogen-bond donors (Lipinski definition) is 2. The molecule has 0 unspecified atom stereocenters. The zero-order valence-corrected chi connectivity index (χ0v) is 17.8. The monoisotopic (exact) mass is 431 g/mol. The fourth-order valence-electron chi connectivity index (χ4n) is 3.36. The van der Waals surface area contributed by atoms with Gasteiger partial charge in [-0.3, -0.25) is 9.59 Å². The number of amides is 1. The highest BCUT2D eigenvalue weighted by Crippen LogP contribution is 2.38. The summed E-state index contributed by atoms with van der Waals surface area (Å²) < 4.78 is 10.4. The van der Waals surface area contributed by atoms with Crippen LogP contribution in [0.2, 0.25) is 0 Å². The Morgan fingerprint density at radius 2 is 1.87 bits per heavy atom. The van der Waals surface area contributed by atoms with Crippen LogP contribution in [0.25, 0.3) is 0 Å². The second kappa shape index (κ2) is 9.75. The van der Waals surface area contributed by atoms with Crippen LogP contribution in [0.4, 0.5) is 5.00 Å². The summed E-state index contributed by atoms with van der Waals surface area (Å²) in [6.45, 7) is 3.48. The van der Waals surface area contributed by atoms with Crippen molar-refractivity contribution in [2.75, 3.05) is 11.9 Å². The van der Waals surface area contributed by atoms with Crippen LogP contribution in [0, 0.1) is 0 Å². The number of hydrogen-bond acceptors (Lipinski definition) is 7. The largest absolute Gasteiger partial charge is 0.508 e. The van der Waals surface area contributed by atoms with Gasteiger partial charge in [0.25, 0.3) is 5.91 Å². The minimum atomic E-state index is -1.02. The number of aryl methyl sites for hydroxylation is 1. The molecule has 0 radical (unpaired) electrons. The van der Waals surface area contributed by atoms with E-state index in [0.717, 1.165) is 36.1 Å². The number of esters is 2. The topological polar surface area (TPSA) is 102 Å². The second-order valence-corrected chi connectivity index (χ2v) is 8.21. The zero-order chi connectivity index (χ0) is 21.7. The first kappa shape index (κ1) is 21.8. The van der Waals surface area contributed by atoms with E-state index in [1.165, 1.54) is 30.4 Å². The molecule has 1 aromatic heterocycles. The Labute approximate surface area is 179 Å². The predicted octanol–water partition coefficient (Wildman–Crippen LogP) is 3.62. The Hall–Kier alpha value is -2.87. The highest BCUT2D eigenvalue weighted by Gasteiger charge is 2.28. The number of thiophene rings is 1. The maximum atomic E-state index is 12.6. The molecule has 160 valence electrons. The van der Waals surface area contributed by atoms with E-state index in [0.29, 0.717) is 16.1 Å². The van der Waals surface area contributed by atoms with E-state index in [1.54, 1.807) is 19.1 Å². The van der Waals surface area contributed by atoms with E-state index in [2.05, 4.69) is 5.32 Å². The van der Waals surface area contributed by atoms with Gasteiger partial charge >= 0.3 is 11.9 Å². The van der Waals surface area contributed by atoms with Gasteiger partial charge in [0.2, 0.25) is 0 Å². The standard InChI is InChI=1S/C22H25NO6S/c1-3-28-22(27)19-16-6-4-5-7-17(16)30-21(19)23-20(26)13(2)29-18(25)12-14-8-10-15(24)11-9-14/h8-11,13,24H,3-7,12H2,1-2H3,(H,23,26)/t13-/m0/s1. The fourth-order valence-corrected chi connectivity index (χ4v) is 4.64. The van der Waals surface area contributed by atoms with E-state index < -0.39 is 23.9 Å². The molecule has 1 aliphatic rings. The maximum absolute atomic E-state index is 12.6. The normalized spacial score (nSPS) is 13.8. The van der Waals surface area contributed by atoms with Gasteiger partial charge in [0, 0.05) is 4.88 Å². The number of ether oxygens (including phenoxy) is 2. The molecule has 0 saturated carbocycles. The average molecular weight is 432 g/mol. The number of carbonyl (C=O) groups excluding carboxylic acids is 3. The van der Waals surface area contributed by atoms with Crippen LogP contribution in [0.15, 0.2) is 24.3 Å². The van der Waals surface area contributed by atoms with Gasteiger partial charge in [0.05, 0.1) is 18.6 Å². The summed E-state index contributed by atoms with van der Waals surface area (Å²) in [6, 6.07) is 6.19. The van der Waals surface area contributed by atoms with Gasteiger partial charge in [0.15, 0.2) is 6.10 Å². The Balaban J connectivity index is 1.67. The van der Waals surface area contributed by atoms with Crippen molar-refractivity contribution >= 4 is 34.2 Å². The van der Waals surface area contributed by atoms with Crippen molar-refractivity contribution in [1.29, 1.82) is 0 Å². The molecule has 0 bridgehead atoms. The summed E-state index contributed by atoms with van der Waals surface area (Å²) in [6.07, 6.45) is 2.67. The third kappa shape index (κ3) is 5.18. The molecule has 1 aromatic carbocycles. The summed E-state index contributed by atoms with van der Waals surface area (Å²) in [5.41, 5.74) is 2.05. The van der Waals surface area contributed by atoms with Gasteiger partial charge in [-0.05, 0) is 62.8 Å². The molecule has 2 aromatic rings. The number of benzene rings is 1. The van der Waals surface area contributed by atoms with Crippen molar-refractivity contribution in [1.82, 2.24) is 0 Å². The first-order valence-electron chi connectivity index (χ1n) is 9.99. The number of rotatable bonds is 7. The van der Waals surface area contributed by atoms with Crippen LogP contribution in [-0.2, 0) is 38.3 Å². The number of carbonyl (C=O) groups is 3. The number of anilines is 1. The third-order valence-electron chi connectivity index (χ3n) is 4.85. The van der Waals surface area contributed by atoms with Crippen LogP contribution in [-0.4, -0.2) is 35.7 Å². The zero-order valence-electron chi connectivity index (χ0n) is 17.0. The molecule has 1 aliphatic carbocycles. The summed E-state index contributed by atoms with van der Waals surface area (Å²) in [5.74, 6) is -1.39. The molecule has 3 rings (SSSR count). The number of nitrogens with one attached hydrogen (secondary N) is 1. The van der Waals surface area contributed by atoms with Crippen molar-refractivity contribution in [3.63, 3.8) is 0 Å². The number of fused-ring (bicyclic) bond motifs is 1. The Kier molecular flexibility index (Phi) is 7.10. The lowest BCUT2D eigenvalue weighted by Crippen LogP contribution is -2.30. The Morgan fingerprint density at radius 3 is 2.57 bits per heavy atom. The summed E-state index contributed by atoms with van der Waals surface area (Å²) >= 11 is 1.39. The molecule has 0 saturated heterocycles. The molecule has 0 spiro atoms. The smallest absolute Gasteiger partial charge is 0.341 e. The van der Waals surface area contributed by atoms with E-state index in [9.17, 15) is 19.5 Å². The van der Waals surface area contributed by atoms with Crippen LogP contribution >= 0.6 is 11.3 Å². The minimum Gasteiger partial charge on any atom is -0.508 e. The molecule has 8 heteroatoms. The molecule has 1 amide bonds. The van der Waals surface area contributed by atoms with Crippen LogP contribution < -0.4 is 5.32 Å². The summed E-state index contributed by atoms with van der Waals surface area (Å²) in [5, 5.41) is 12.5. The lowest BCUT2D eigenvalue weighted by molar-refractivity contribution is -0.152. The van der Waals surface area contributed by atoms with Gasteiger partial charge in [-0.2, -0.15) is 0 Å². The number of aromatic hydroxyl groups is 1. The first-order chi connectivity index (χ1) is 14.4. The van der Waals surface area contributed by atoms with Gasteiger partial charge in [-0.25, -0.2) is 4.79 Å². The molecule has 30 heavy (non-hydrogen) atoms. The summed E-state index contributed by atoms with van der Waals surface area (Å²) in [7, 11) is 0. The molecule has 0 aliphatic heterocycles. The highest BCUT2D eigenvalue weighted by atomic mass is 32.1. The van der Waals surface area contributed by atoms with Crippen molar-refractivity contribution in [3.05, 3.63) is 45.8 Å². The molecule has 1 heterocycles. The van der Waals surface area contributed by atoms with Gasteiger partial charge in [0.1, 0.15) is 10.8 Å². The predicted molar refractivity (Wildman–Crippen MR) is 113 cm³/mol.